The average molecular weight is 479 g/mol. The third-order valence-electron chi connectivity index (χ3n) is 7.66. The van der Waals surface area contributed by atoms with Crippen LogP contribution in [0.3, 0.4) is 0 Å². The molecule has 0 heterocycles. The Morgan fingerprint density at radius 2 is 1.66 bits per heavy atom. The van der Waals surface area contributed by atoms with Gasteiger partial charge in [-0.05, 0) is 54.9 Å². The molecule has 7 heteroatoms. The number of carboxylic acid groups (broad SMARTS) is 1. The molecule has 0 aromatic heterocycles. The molecule has 1 unspecified atom stereocenters. The first-order chi connectivity index (χ1) is 16.8. The number of nitrogens with one attached hydrogen (secondary N) is 2. The van der Waals surface area contributed by atoms with Crippen LogP contribution in [0.4, 0.5) is 4.79 Å². The van der Waals surface area contributed by atoms with Crippen molar-refractivity contribution in [2.24, 2.45) is 11.3 Å². The standard InChI is InChI=1S/C28H34N2O5/c1-3-28(2,26(32)33)17-29-25(31)18-9-8-10-19(15-18)30-27(34)35-16-24-22-13-6-4-11-20(22)21-12-5-7-14-23(21)24/h4-7,11-14,18-19,24H,3,8-10,15-17H2,1-2H3,(H,29,31)(H,30,34)(H,32,33)/t18-,19+,28?/m1/s1. The molecule has 3 N–H and O–H groups in total. The molecule has 1 fully saturated rings. The molecule has 4 rings (SSSR count). The fourth-order valence-electron chi connectivity index (χ4n) is 5.14. The number of hydrogen-bond acceptors (Lipinski definition) is 4. The van der Waals surface area contributed by atoms with Crippen molar-refractivity contribution in [2.45, 2.75) is 57.9 Å². The van der Waals surface area contributed by atoms with Gasteiger partial charge in [0.1, 0.15) is 6.61 Å². The maximum Gasteiger partial charge on any atom is 0.407 e. The molecular weight excluding hydrogens is 444 g/mol. The molecule has 2 aromatic carbocycles. The van der Waals surface area contributed by atoms with Crippen LogP contribution in [0.1, 0.15) is 63.0 Å². The highest BCUT2D eigenvalue weighted by atomic mass is 16.5. The second-order valence-corrected chi connectivity index (χ2v) is 9.97. The minimum Gasteiger partial charge on any atom is -0.481 e. The fraction of sp³-hybridized carbons (Fsp3) is 0.464. The van der Waals surface area contributed by atoms with Gasteiger partial charge in [-0.15, -0.1) is 0 Å². The quantitative estimate of drug-likeness (QED) is 0.510. The Kier molecular flexibility index (Phi) is 7.43. The lowest BCUT2D eigenvalue weighted by molar-refractivity contribution is -0.148. The van der Waals surface area contributed by atoms with Crippen LogP contribution in [0.5, 0.6) is 0 Å². The van der Waals surface area contributed by atoms with Gasteiger partial charge in [-0.2, -0.15) is 0 Å². The fourth-order valence-corrected chi connectivity index (χ4v) is 5.14. The largest absolute Gasteiger partial charge is 0.481 e. The number of hydrogen-bond donors (Lipinski definition) is 3. The molecule has 0 radical (unpaired) electrons. The molecule has 0 aliphatic heterocycles. The Labute approximate surface area is 206 Å². The average Bonchev–Trinajstić information content (AvgIpc) is 3.19. The number of carboxylic acids is 1. The summed E-state index contributed by atoms with van der Waals surface area (Å²) in [7, 11) is 0. The zero-order valence-electron chi connectivity index (χ0n) is 20.4. The highest BCUT2D eigenvalue weighted by molar-refractivity contribution is 5.81. The lowest BCUT2D eigenvalue weighted by Crippen LogP contribution is -2.46. The van der Waals surface area contributed by atoms with Crippen molar-refractivity contribution in [2.75, 3.05) is 13.2 Å². The van der Waals surface area contributed by atoms with Crippen molar-refractivity contribution >= 4 is 18.0 Å². The Morgan fingerprint density at radius 3 is 2.26 bits per heavy atom. The van der Waals surface area contributed by atoms with Crippen LogP contribution in [0, 0.1) is 11.3 Å². The summed E-state index contributed by atoms with van der Waals surface area (Å²) >= 11 is 0. The van der Waals surface area contributed by atoms with E-state index in [1.165, 1.54) is 11.1 Å². The van der Waals surface area contributed by atoms with Crippen LogP contribution in [0.15, 0.2) is 48.5 Å². The van der Waals surface area contributed by atoms with Crippen LogP contribution in [-0.2, 0) is 14.3 Å². The Bertz CT molecular complexity index is 1050. The molecule has 2 amide bonds. The van der Waals surface area contributed by atoms with Crippen molar-refractivity contribution in [3.8, 4) is 11.1 Å². The molecule has 2 aliphatic carbocycles. The number of amides is 2. The van der Waals surface area contributed by atoms with Crippen LogP contribution < -0.4 is 10.6 Å². The molecule has 0 bridgehead atoms. The summed E-state index contributed by atoms with van der Waals surface area (Å²) in [5.41, 5.74) is 3.71. The summed E-state index contributed by atoms with van der Waals surface area (Å²) in [4.78, 5) is 36.8. The van der Waals surface area contributed by atoms with Crippen molar-refractivity contribution in [1.29, 1.82) is 0 Å². The van der Waals surface area contributed by atoms with E-state index in [0.29, 0.717) is 12.8 Å². The Balaban J connectivity index is 1.30. The van der Waals surface area contributed by atoms with E-state index in [0.717, 1.165) is 30.4 Å². The third-order valence-corrected chi connectivity index (χ3v) is 7.66. The summed E-state index contributed by atoms with van der Waals surface area (Å²) < 4.78 is 5.66. The van der Waals surface area contributed by atoms with Crippen molar-refractivity contribution in [1.82, 2.24) is 10.6 Å². The summed E-state index contributed by atoms with van der Waals surface area (Å²) in [5, 5.41) is 15.2. The summed E-state index contributed by atoms with van der Waals surface area (Å²) in [6.45, 7) is 3.78. The summed E-state index contributed by atoms with van der Waals surface area (Å²) in [6.07, 6.45) is 2.81. The topological polar surface area (TPSA) is 105 Å². The minimum atomic E-state index is -0.983. The van der Waals surface area contributed by atoms with Gasteiger partial charge < -0.3 is 20.5 Å². The monoisotopic (exact) mass is 478 g/mol. The number of fused-ring (bicyclic) bond motifs is 3. The lowest BCUT2D eigenvalue weighted by Gasteiger charge is -2.30. The minimum absolute atomic E-state index is 0.000133. The second kappa shape index (κ2) is 10.5. The molecular formula is C28H34N2O5. The van der Waals surface area contributed by atoms with E-state index in [1.54, 1.807) is 13.8 Å². The predicted molar refractivity (Wildman–Crippen MR) is 133 cm³/mol. The summed E-state index contributed by atoms with van der Waals surface area (Å²) in [6, 6.07) is 16.3. The Morgan fingerprint density at radius 1 is 1.03 bits per heavy atom. The van der Waals surface area contributed by atoms with Gasteiger partial charge in [-0.1, -0.05) is 61.9 Å². The Hall–Kier alpha value is -3.35. The third kappa shape index (κ3) is 5.34. The van der Waals surface area contributed by atoms with Gasteiger partial charge in [0.15, 0.2) is 0 Å². The maximum atomic E-state index is 12.7. The van der Waals surface area contributed by atoms with Gasteiger partial charge in [-0.3, -0.25) is 9.59 Å². The smallest absolute Gasteiger partial charge is 0.407 e. The first kappa shape index (κ1) is 24.8. The van der Waals surface area contributed by atoms with E-state index >= 15 is 0 Å². The van der Waals surface area contributed by atoms with Crippen molar-refractivity contribution in [3.05, 3.63) is 59.7 Å². The number of aliphatic carboxylic acids is 1. The van der Waals surface area contributed by atoms with Gasteiger partial charge in [0.2, 0.25) is 5.91 Å². The molecule has 35 heavy (non-hydrogen) atoms. The molecule has 0 saturated heterocycles. The number of benzene rings is 2. The normalized spacial score (nSPS) is 20.7. The van der Waals surface area contributed by atoms with E-state index < -0.39 is 17.5 Å². The van der Waals surface area contributed by atoms with E-state index in [4.69, 9.17) is 4.74 Å². The highest BCUT2D eigenvalue weighted by Gasteiger charge is 2.34. The number of ether oxygens (including phenoxy) is 1. The van der Waals surface area contributed by atoms with Crippen LogP contribution in [0.2, 0.25) is 0 Å². The van der Waals surface area contributed by atoms with E-state index in [9.17, 15) is 19.5 Å². The van der Waals surface area contributed by atoms with E-state index in [1.807, 2.05) is 24.3 Å². The van der Waals surface area contributed by atoms with Crippen LogP contribution >= 0.6 is 0 Å². The van der Waals surface area contributed by atoms with E-state index in [2.05, 4.69) is 34.9 Å². The number of rotatable bonds is 8. The van der Waals surface area contributed by atoms with Crippen LogP contribution in [-0.4, -0.2) is 42.3 Å². The number of alkyl carbamates (subject to hydrolysis) is 1. The SMILES string of the molecule is CCC(C)(CNC(=O)[C@@H]1CCC[C@H](NC(=O)OCC2c3ccccc3-c3ccccc32)C1)C(=O)O. The number of carbonyl (C=O) groups excluding carboxylic acids is 2. The second-order valence-electron chi connectivity index (χ2n) is 9.97. The zero-order chi connectivity index (χ0) is 25.0. The first-order valence-corrected chi connectivity index (χ1v) is 12.4. The molecule has 2 aliphatic rings. The van der Waals surface area contributed by atoms with Gasteiger partial charge in [0.25, 0.3) is 0 Å². The highest BCUT2D eigenvalue weighted by Crippen LogP contribution is 2.44. The van der Waals surface area contributed by atoms with Crippen molar-refractivity contribution < 1.29 is 24.2 Å². The maximum absolute atomic E-state index is 12.7. The zero-order valence-corrected chi connectivity index (χ0v) is 20.4. The van der Waals surface area contributed by atoms with Crippen molar-refractivity contribution in [3.63, 3.8) is 0 Å². The van der Waals surface area contributed by atoms with Gasteiger partial charge >= 0.3 is 12.1 Å². The molecule has 0 spiro atoms. The lowest BCUT2D eigenvalue weighted by atomic mass is 9.84. The molecule has 3 atom stereocenters. The summed E-state index contributed by atoms with van der Waals surface area (Å²) in [5.74, 6) is -1.32. The molecule has 2 aromatic rings. The number of carbonyl (C=O) groups is 3. The van der Waals surface area contributed by atoms with Crippen LogP contribution in [0.25, 0.3) is 11.1 Å². The van der Waals surface area contributed by atoms with Gasteiger partial charge in [0, 0.05) is 24.4 Å². The molecule has 7 nitrogen and oxygen atoms in total. The molecule has 1 saturated carbocycles. The van der Waals surface area contributed by atoms with E-state index in [-0.39, 0.29) is 36.9 Å². The van der Waals surface area contributed by atoms with Gasteiger partial charge in [-0.25, -0.2) is 4.79 Å². The van der Waals surface area contributed by atoms with Gasteiger partial charge in [0.05, 0.1) is 5.41 Å². The predicted octanol–water partition coefficient (Wildman–Crippen LogP) is 4.70. The molecule has 186 valence electrons. The first-order valence-electron chi connectivity index (χ1n) is 12.4.